The van der Waals surface area contributed by atoms with Crippen LogP contribution in [0.1, 0.15) is 58.0 Å². The number of carbonyl (C=O) groups excluding carboxylic acids is 4. The van der Waals surface area contributed by atoms with E-state index in [2.05, 4.69) is 16.0 Å². The van der Waals surface area contributed by atoms with Crippen LogP contribution < -0.4 is 16.0 Å². The quantitative estimate of drug-likeness (QED) is 0.238. The Bertz CT molecular complexity index is 1190. The number of rotatable bonds is 12. The summed E-state index contributed by atoms with van der Waals surface area (Å²) >= 11 is 0. The van der Waals surface area contributed by atoms with Gasteiger partial charge < -0.3 is 31.1 Å². The number of Topliss-reactive ketones (excluding diaryl/α,β-unsaturated/α-hetero) is 1. The average molecular weight is 497 g/mol. The van der Waals surface area contributed by atoms with E-state index in [1.807, 2.05) is 25.9 Å². The van der Waals surface area contributed by atoms with Gasteiger partial charge in [-0.25, -0.2) is 0 Å². The van der Waals surface area contributed by atoms with Crippen LogP contribution in [0.15, 0.2) is 24.3 Å². The molecule has 0 spiro atoms. The van der Waals surface area contributed by atoms with Gasteiger partial charge in [0.25, 0.3) is 0 Å². The number of phenols is 2. The van der Waals surface area contributed by atoms with Crippen molar-refractivity contribution in [3.8, 4) is 11.5 Å². The normalized spacial score (nSPS) is 12.2. The molecule has 2 aromatic rings. The molecule has 0 saturated carbocycles. The van der Waals surface area contributed by atoms with Gasteiger partial charge in [-0.05, 0) is 44.8 Å². The van der Waals surface area contributed by atoms with Crippen LogP contribution in [0.4, 0.5) is 11.4 Å². The summed E-state index contributed by atoms with van der Waals surface area (Å²) < 4.78 is 0. The molecule has 0 radical (unpaired) electrons. The minimum atomic E-state index is -0.676. The molecule has 1 amide bonds. The fourth-order valence-corrected chi connectivity index (χ4v) is 3.97. The summed E-state index contributed by atoms with van der Waals surface area (Å²) in [4.78, 5) is 53.3. The van der Waals surface area contributed by atoms with E-state index in [1.165, 1.54) is 24.3 Å². The lowest BCUT2D eigenvalue weighted by molar-refractivity contribution is -0.119. The van der Waals surface area contributed by atoms with E-state index in [4.69, 9.17) is 0 Å². The molecular weight excluding hydrogens is 464 g/mol. The Labute approximate surface area is 209 Å². The van der Waals surface area contributed by atoms with E-state index in [0.717, 1.165) is 12.8 Å². The number of ketones is 3. The number of hydrogen-bond acceptors (Lipinski definition) is 9. The second-order valence-electron chi connectivity index (χ2n) is 8.93. The number of aromatic hydroxyl groups is 2. The number of nitrogens with one attached hydrogen (secondary N) is 3. The lowest BCUT2D eigenvalue weighted by Gasteiger charge is -2.24. The fraction of sp³-hybridized carbons (Fsp3) is 0.385. The van der Waals surface area contributed by atoms with Crippen molar-refractivity contribution < 1.29 is 29.4 Å². The van der Waals surface area contributed by atoms with Gasteiger partial charge in [0.15, 0.2) is 5.78 Å². The van der Waals surface area contributed by atoms with E-state index < -0.39 is 23.1 Å². The highest BCUT2D eigenvalue weighted by Crippen LogP contribution is 2.42. The first kappa shape index (κ1) is 26.7. The molecule has 0 atom stereocenters. The summed E-state index contributed by atoms with van der Waals surface area (Å²) in [5.41, 5.74) is -0.277. The second-order valence-corrected chi connectivity index (χ2v) is 8.93. The van der Waals surface area contributed by atoms with Crippen molar-refractivity contribution in [2.24, 2.45) is 0 Å². The SMILES string of the molecule is CCCCC(=O)CNc1ccc(O)c2c1C(=O)c1c(O)ccc(NCC(=O)NCCN(C)C)c1C2=O. The number of amides is 1. The number of hydrogen-bond donors (Lipinski definition) is 5. The van der Waals surface area contributed by atoms with Gasteiger partial charge in [-0.15, -0.1) is 0 Å². The van der Waals surface area contributed by atoms with Crippen LogP contribution >= 0.6 is 0 Å². The van der Waals surface area contributed by atoms with Gasteiger partial charge >= 0.3 is 0 Å². The molecule has 2 aromatic carbocycles. The van der Waals surface area contributed by atoms with E-state index in [9.17, 15) is 29.4 Å². The lowest BCUT2D eigenvalue weighted by Crippen LogP contribution is -2.35. The molecule has 192 valence electrons. The molecule has 0 bridgehead atoms. The van der Waals surface area contributed by atoms with Crippen LogP contribution in [0, 0.1) is 0 Å². The van der Waals surface area contributed by atoms with Crippen LogP contribution in [-0.4, -0.2) is 78.6 Å². The highest BCUT2D eigenvalue weighted by atomic mass is 16.3. The smallest absolute Gasteiger partial charge is 0.239 e. The van der Waals surface area contributed by atoms with E-state index in [-0.39, 0.29) is 58.4 Å². The van der Waals surface area contributed by atoms with Crippen LogP contribution in [-0.2, 0) is 9.59 Å². The Kier molecular flexibility index (Phi) is 8.65. The molecule has 0 aliphatic heterocycles. The number of unbranched alkanes of at least 4 members (excludes halogenated alkanes) is 1. The first-order valence-electron chi connectivity index (χ1n) is 11.9. The molecule has 3 rings (SSSR count). The van der Waals surface area contributed by atoms with Crippen molar-refractivity contribution in [1.29, 1.82) is 0 Å². The summed E-state index contributed by atoms with van der Waals surface area (Å²) in [6, 6.07) is 5.38. The molecule has 5 N–H and O–H groups in total. The topological polar surface area (TPSA) is 148 Å². The summed E-state index contributed by atoms with van der Waals surface area (Å²) in [5, 5.41) is 29.5. The number of likely N-dealkylation sites (N-methyl/N-ethyl adjacent to an activating group) is 1. The van der Waals surface area contributed by atoms with Crippen LogP contribution in [0.25, 0.3) is 0 Å². The summed E-state index contributed by atoms with van der Waals surface area (Å²) in [5.74, 6) is -2.50. The molecule has 0 fully saturated rings. The standard InChI is InChI=1S/C26H32N4O6/c1-4-5-6-15(31)13-28-16-7-9-18(32)23-21(16)25(35)24-19(33)10-8-17(22(24)26(23)36)29-14-20(34)27-11-12-30(2)3/h7-10,28-29,32-33H,4-6,11-14H2,1-3H3,(H,27,34). The number of carbonyl (C=O) groups is 4. The highest BCUT2D eigenvalue weighted by molar-refractivity contribution is 6.33. The molecular formula is C26H32N4O6. The molecule has 10 heteroatoms. The average Bonchev–Trinajstić information content (AvgIpc) is 2.83. The zero-order valence-electron chi connectivity index (χ0n) is 20.7. The third kappa shape index (κ3) is 5.83. The monoisotopic (exact) mass is 496 g/mol. The van der Waals surface area contributed by atoms with Crippen molar-refractivity contribution in [1.82, 2.24) is 10.2 Å². The largest absolute Gasteiger partial charge is 0.507 e. The van der Waals surface area contributed by atoms with Gasteiger partial charge in [-0.1, -0.05) is 13.3 Å². The molecule has 0 heterocycles. The number of benzene rings is 2. The minimum Gasteiger partial charge on any atom is -0.507 e. The summed E-state index contributed by atoms with van der Waals surface area (Å²) in [7, 11) is 3.77. The maximum atomic E-state index is 13.5. The van der Waals surface area contributed by atoms with Crippen molar-refractivity contribution in [2.75, 3.05) is 50.9 Å². The number of phenolic OH excluding ortho intramolecular Hbond substituents is 2. The Morgan fingerprint density at radius 3 is 1.86 bits per heavy atom. The molecule has 0 aromatic heterocycles. The Hall–Kier alpha value is -3.92. The zero-order valence-corrected chi connectivity index (χ0v) is 20.7. The fourth-order valence-electron chi connectivity index (χ4n) is 3.97. The molecule has 1 aliphatic rings. The summed E-state index contributed by atoms with van der Waals surface area (Å²) in [6.07, 6.45) is 2.01. The van der Waals surface area contributed by atoms with Gasteiger partial charge in [0.1, 0.15) is 11.5 Å². The molecule has 10 nitrogen and oxygen atoms in total. The number of nitrogens with zero attached hydrogens (tertiary/aromatic N) is 1. The predicted molar refractivity (Wildman–Crippen MR) is 136 cm³/mol. The van der Waals surface area contributed by atoms with Gasteiger partial charge in [-0.3, -0.25) is 19.2 Å². The van der Waals surface area contributed by atoms with Crippen molar-refractivity contribution >= 4 is 34.6 Å². The maximum absolute atomic E-state index is 13.5. The molecule has 0 unspecified atom stereocenters. The zero-order chi connectivity index (χ0) is 26.4. The van der Waals surface area contributed by atoms with E-state index in [0.29, 0.717) is 19.5 Å². The number of fused-ring (bicyclic) bond motifs is 2. The molecule has 1 aliphatic carbocycles. The van der Waals surface area contributed by atoms with E-state index in [1.54, 1.807) is 0 Å². The van der Waals surface area contributed by atoms with E-state index >= 15 is 0 Å². The van der Waals surface area contributed by atoms with Crippen molar-refractivity contribution in [3.05, 3.63) is 46.5 Å². The van der Waals surface area contributed by atoms with Gasteiger partial charge in [0.2, 0.25) is 17.5 Å². The van der Waals surface area contributed by atoms with Crippen LogP contribution in [0.3, 0.4) is 0 Å². The van der Waals surface area contributed by atoms with Gasteiger partial charge in [0.05, 0.1) is 35.3 Å². The Balaban J connectivity index is 1.90. The first-order valence-corrected chi connectivity index (χ1v) is 11.9. The molecule has 0 saturated heterocycles. The van der Waals surface area contributed by atoms with Gasteiger partial charge in [-0.2, -0.15) is 0 Å². The first-order chi connectivity index (χ1) is 17.1. The minimum absolute atomic E-state index is 0.0396. The van der Waals surface area contributed by atoms with Crippen LogP contribution in [0.2, 0.25) is 0 Å². The summed E-state index contributed by atoms with van der Waals surface area (Å²) in [6.45, 7) is 2.88. The van der Waals surface area contributed by atoms with Crippen molar-refractivity contribution in [2.45, 2.75) is 26.2 Å². The second kappa shape index (κ2) is 11.7. The van der Waals surface area contributed by atoms with Crippen molar-refractivity contribution in [3.63, 3.8) is 0 Å². The third-order valence-electron chi connectivity index (χ3n) is 5.88. The maximum Gasteiger partial charge on any atom is 0.239 e. The third-order valence-corrected chi connectivity index (χ3v) is 5.88. The number of anilines is 2. The van der Waals surface area contributed by atoms with Gasteiger partial charge in [0, 0.05) is 30.9 Å². The highest BCUT2D eigenvalue weighted by Gasteiger charge is 2.38. The Morgan fingerprint density at radius 1 is 0.833 bits per heavy atom. The Morgan fingerprint density at radius 2 is 1.36 bits per heavy atom. The lowest BCUT2D eigenvalue weighted by atomic mass is 9.81. The predicted octanol–water partition coefficient (Wildman–Crippen LogP) is 2.13. The molecule has 36 heavy (non-hydrogen) atoms. The van der Waals surface area contributed by atoms with Crippen LogP contribution in [0.5, 0.6) is 11.5 Å².